The molecular weight excluding hydrogens is 488 g/mol. The molecule has 7 heteroatoms. The van der Waals surface area contributed by atoms with Gasteiger partial charge in [-0.15, -0.1) is 11.3 Å². The number of hydrogen-bond acceptors (Lipinski definition) is 5. The summed E-state index contributed by atoms with van der Waals surface area (Å²) in [5.74, 6) is 0. The van der Waals surface area contributed by atoms with Gasteiger partial charge in [-0.25, -0.2) is 13.4 Å². The van der Waals surface area contributed by atoms with E-state index in [2.05, 4.69) is 76.4 Å². The van der Waals surface area contributed by atoms with Gasteiger partial charge in [0, 0.05) is 7.11 Å². The molecular formula is C29H48N2O3S2. The van der Waals surface area contributed by atoms with Crippen LogP contribution in [0, 0.1) is 13.8 Å². The summed E-state index contributed by atoms with van der Waals surface area (Å²) in [7, 11) is -2.07. The molecule has 0 aliphatic heterocycles. The number of nitrogens with one attached hydrogen (secondary N) is 1. The molecule has 2 aromatic carbocycles. The minimum absolute atomic E-state index is 0. The summed E-state index contributed by atoms with van der Waals surface area (Å²) in [6.45, 7) is 18.0. The Labute approximate surface area is 224 Å². The van der Waals surface area contributed by atoms with Gasteiger partial charge in [-0.3, -0.25) is 0 Å². The van der Waals surface area contributed by atoms with E-state index in [0.29, 0.717) is 0 Å². The van der Waals surface area contributed by atoms with Crippen LogP contribution in [0.5, 0.6) is 0 Å². The number of fused-ring (bicyclic) bond motifs is 1. The molecule has 1 aromatic heterocycles. The van der Waals surface area contributed by atoms with Gasteiger partial charge in [0.05, 0.1) is 20.1 Å². The van der Waals surface area contributed by atoms with E-state index in [0.717, 1.165) is 15.2 Å². The summed E-state index contributed by atoms with van der Waals surface area (Å²) in [4.78, 5) is 4.50. The van der Waals surface area contributed by atoms with E-state index in [1.54, 1.807) is 18.2 Å². The fraction of sp³-hybridized carbons (Fsp3) is 0.552. The highest BCUT2D eigenvalue weighted by Crippen LogP contribution is 2.34. The van der Waals surface area contributed by atoms with E-state index in [1.165, 1.54) is 48.0 Å². The van der Waals surface area contributed by atoms with Crippen molar-refractivity contribution in [3.8, 4) is 0 Å². The molecule has 0 spiro atoms. The SMILES string of the molecule is C.C.CCC(C)(C)c1ccc(C)c(C(C)(C)CC)c1.COCNS(=O)(=O)c1ccc2nc(C)sc2c1. The minimum Gasteiger partial charge on any atom is -0.369 e. The second kappa shape index (κ2) is 13.7. The molecule has 0 saturated heterocycles. The van der Waals surface area contributed by atoms with E-state index in [4.69, 9.17) is 4.74 Å². The number of hydrogen-bond donors (Lipinski definition) is 1. The van der Waals surface area contributed by atoms with Gasteiger partial charge < -0.3 is 4.74 Å². The van der Waals surface area contributed by atoms with Crippen LogP contribution >= 0.6 is 11.3 Å². The van der Waals surface area contributed by atoms with Crippen molar-refractivity contribution in [3.05, 3.63) is 58.1 Å². The Kier molecular flexibility index (Phi) is 13.0. The van der Waals surface area contributed by atoms with E-state index >= 15 is 0 Å². The number of thiazole rings is 1. The summed E-state index contributed by atoms with van der Waals surface area (Å²) in [5, 5.41) is 0.916. The molecule has 3 aromatic rings. The lowest BCUT2D eigenvalue weighted by Crippen LogP contribution is -2.25. The van der Waals surface area contributed by atoms with Crippen LogP contribution in [-0.2, 0) is 25.6 Å². The first-order chi connectivity index (χ1) is 15.8. The molecule has 0 fully saturated rings. The van der Waals surface area contributed by atoms with Crippen LogP contribution in [-0.4, -0.2) is 27.2 Å². The highest BCUT2D eigenvalue weighted by atomic mass is 32.2. The number of benzene rings is 2. The van der Waals surface area contributed by atoms with Gasteiger partial charge in [-0.1, -0.05) is 74.6 Å². The normalized spacial score (nSPS) is 11.8. The molecule has 0 unspecified atom stereocenters. The average Bonchev–Trinajstić information content (AvgIpc) is 3.17. The molecule has 1 N–H and O–H groups in total. The lowest BCUT2D eigenvalue weighted by atomic mass is 9.75. The molecule has 1 heterocycles. The number of aromatic nitrogens is 1. The number of rotatable bonds is 8. The Balaban J connectivity index is 0.000000645. The second-order valence-electron chi connectivity index (χ2n) is 9.95. The van der Waals surface area contributed by atoms with E-state index in [9.17, 15) is 8.42 Å². The first kappa shape index (κ1) is 34.2. The van der Waals surface area contributed by atoms with E-state index in [1.807, 2.05) is 6.92 Å². The van der Waals surface area contributed by atoms with Crippen molar-refractivity contribution in [2.75, 3.05) is 13.8 Å². The largest absolute Gasteiger partial charge is 0.369 e. The average molecular weight is 537 g/mol. The molecule has 0 atom stereocenters. The van der Waals surface area contributed by atoms with E-state index in [-0.39, 0.29) is 37.3 Å². The van der Waals surface area contributed by atoms with Gasteiger partial charge in [-0.2, -0.15) is 4.72 Å². The van der Waals surface area contributed by atoms with Crippen molar-refractivity contribution >= 4 is 31.6 Å². The maximum absolute atomic E-state index is 11.8. The highest BCUT2D eigenvalue weighted by Gasteiger charge is 2.24. The third-order valence-corrected chi connectivity index (χ3v) is 8.99. The summed E-state index contributed by atoms with van der Waals surface area (Å²) in [6.07, 6.45) is 2.37. The second-order valence-corrected chi connectivity index (χ2v) is 12.9. The fourth-order valence-corrected chi connectivity index (χ4v) is 5.47. The monoisotopic (exact) mass is 536 g/mol. The highest BCUT2D eigenvalue weighted by molar-refractivity contribution is 7.89. The van der Waals surface area contributed by atoms with Crippen LogP contribution in [0.3, 0.4) is 0 Å². The molecule has 0 saturated carbocycles. The van der Waals surface area contributed by atoms with Crippen molar-refractivity contribution in [2.24, 2.45) is 0 Å². The molecule has 36 heavy (non-hydrogen) atoms. The van der Waals surface area contributed by atoms with Crippen LogP contribution < -0.4 is 4.72 Å². The number of methoxy groups -OCH3 is 1. The first-order valence-corrected chi connectivity index (χ1v) is 14.0. The molecule has 3 rings (SSSR count). The Morgan fingerprint density at radius 1 is 0.944 bits per heavy atom. The number of ether oxygens (including phenoxy) is 1. The molecule has 0 bridgehead atoms. The number of aryl methyl sites for hydroxylation is 2. The van der Waals surface area contributed by atoms with Crippen LogP contribution in [0.4, 0.5) is 0 Å². The smallest absolute Gasteiger partial charge is 0.242 e. The van der Waals surface area contributed by atoms with Crippen molar-refractivity contribution in [1.29, 1.82) is 0 Å². The third kappa shape index (κ3) is 8.37. The topological polar surface area (TPSA) is 68.3 Å². The van der Waals surface area contributed by atoms with E-state index < -0.39 is 10.0 Å². The number of sulfonamides is 1. The quantitative estimate of drug-likeness (QED) is 0.295. The van der Waals surface area contributed by atoms with Gasteiger partial charge in [0.15, 0.2) is 0 Å². The summed E-state index contributed by atoms with van der Waals surface area (Å²) >= 11 is 1.47. The summed E-state index contributed by atoms with van der Waals surface area (Å²) in [5.41, 5.74) is 5.79. The molecule has 204 valence electrons. The third-order valence-electron chi connectivity index (χ3n) is 6.69. The van der Waals surface area contributed by atoms with Gasteiger partial charge in [-0.05, 0) is 72.4 Å². The summed E-state index contributed by atoms with van der Waals surface area (Å²) in [6, 6.07) is 11.9. The lowest BCUT2D eigenvalue weighted by Gasteiger charge is -2.30. The molecule has 0 amide bonds. The van der Waals surface area contributed by atoms with Crippen molar-refractivity contribution in [2.45, 2.75) is 98.8 Å². The Bertz CT molecular complexity index is 1210. The van der Waals surface area contributed by atoms with Crippen LogP contribution in [0.1, 0.15) is 90.9 Å². The standard InChI is InChI=1S/C17H28.C10H12N2O3S2.2CH4/c1-8-16(4,5)14-11-10-13(3)15(12-14)17(6,7)9-2;1-7-12-9-4-3-8(5-10(9)16-7)17(13,14)11-6-15-2;;/h10-12H,8-9H2,1-7H3;3-5,11H,6H2,1-2H3;2*1H4. The van der Waals surface area contributed by atoms with Gasteiger partial charge >= 0.3 is 0 Å². The van der Waals surface area contributed by atoms with Crippen LogP contribution in [0.15, 0.2) is 41.3 Å². The zero-order chi connectivity index (χ0) is 25.7. The molecule has 0 aliphatic rings. The lowest BCUT2D eigenvalue weighted by molar-refractivity contribution is 0.194. The maximum atomic E-state index is 11.8. The predicted octanol–water partition coefficient (Wildman–Crippen LogP) is 8.13. The Morgan fingerprint density at radius 3 is 2.11 bits per heavy atom. The predicted molar refractivity (Wildman–Crippen MR) is 158 cm³/mol. The minimum atomic E-state index is -3.50. The van der Waals surface area contributed by atoms with Crippen molar-refractivity contribution < 1.29 is 13.2 Å². The summed E-state index contributed by atoms with van der Waals surface area (Å²) < 4.78 is 31.6. The Morgan fingerprint density at radius 2 is 1.56 bits per heavy atom. The zero-order valence-corrected chi connectivity index (χ0v) is 23.7. The van der Waals surface area contributed by atoms with Crippen molar-refractivity contribution in [1.82, 2.24) is 9.71 Å². The molecule has 0 radical (unpaired) electrons. The van der Waals surface area contributed by atoms with Gasteiger partial charge in [0.1, 0.15) is 6.73 Å². The fourth-order valence-electron chi connectivity index (χ4n) is 3.57. The zero-order valence-electron chi connectivity index (χ0n) is 22.1. The van der Waals surface area contributed by atoms with Crippen LogP contribution in [0.25, 0.3) is 10.2 Å². The Hall–Kier alpha value is -1.80. The first-order valence-electron chi connectivity index (χ1n) is 11.7. The molecule has 0 aliphatic carbocycles. The maximum Gasteiger partial charge on any atom is 0.242 e. The van der Waals surface area contributed by atoms with Gasteiger partial charge in [0.25, 0.3) is 0 Å². The number of nitrogens with zero attached hydrogens (tertiary/aromatic N) is 1. The van der Waals surface area contributed by atoms with Crippen LogP contribution in [0.2, 0.25) is 0 Å². The molecule has 5 nitrogen and oxygen atoms in total. The van der Waals surface area contributed by atoms with Gasteiger partial charge in [0.2, 0.25) is 10.0 Å². The van der Waals surface area contributed by atoms with Crippen molar-refractivity contribution in [3.63, 3.8) is 0 Å².